The van der Waals surface area contributed by atoms with Crippen LogP contribution >= 0.6 is 0 Å². The number of nitrogens with zero attached hydrogens (tertiary/aromatic N) is 1. The second kappa shape index (κ2) is 6.38. The number of amides is 1. The van der Waals surface area contributed by atoms with Crippen molar-refractivity contribution in [2.24, 2.45) is 5.73 Å². The first-order valence-corrected chi connectivity index (χ1v) is 5.84. The maximum atomic E-state index is 11.7. The first kappa shape index (κ1) is 12.9. The van der Waals surface area contributed by atoms with E-state index in [0.717, 1.165) is 11.1 Å². The third kappa shape index (κ3) is 3.69. The van der Waals surface area contributed by atoms with Gasteiger partial charge in [0, 0.05) is 18.3 Å². The third-order valence-corrected chi connectivity index (χ3v) is 2.48. The second-order valence-electron chi connectivity index (χ2n) is 3.88. The van der Waals surface area contributed by atoms with Crippen LogP contribution in [-0.4, -0.2) is 22.6 Å². The first-order chi connectivity index (χ1) is 9.29. The quantitative estimate of drug-likeness (QED) is 0.703. The van der Waals surface area contributed by atoms with Crippen LogP contribution in [0.3, 0.4) is 0 Å². The molecule has 1 amide bonds. The van der Waals surface area contributed by atoms with Crippen molar-refractivity contribution in [2.75, 3.05) is 6.54 Å². The van der Waals surface area contributed by atoms with Crippen LogP contribution in [0.1, 0.15) is 21.5 Å². The highest BCUT2D eigenvalue weighted by molar-refractivity contribution is 5.93. The number of H-pyrrole nitrogens is 1. The predicted molar refractivity (Wildman–Crippen MR) is 72.1 cm³/mol. The minimum Gasteiger partial charge on any atom is -0.348 e. The van der Waals surface area contributed by atoms with Crippen molar-refractivity contribution in [1.29, 1.82) is 0 Å². The van der Waals surface area contributed by atoms with Gasteiger partial charge in [0.05, 0.1) is 18.3 Å². The number of aromatic amines is 1. The molecule has 0 unspecified atom stereocenters. The molecule has 4 N–H and O–H groups in total. The van der Waals surface area contributed by atoms with E-state index >= 15 is 0 Å². The van der Waals surface area contributed by atoms with Gasteiger partial charge in [-0.05, 0) is 17.7 Å². The SMILES string of the molecule is NCC#Cc1cccc(CNC(=O)c2cn[nH]c2)c1. The number of hydrogen-bond acceptors (Lipinski definition) is 3. The fourth-order valence-electron chi connectivity index (χ4n) is 1.57. The topological polar surface area (TPSA) is 83.8 Å². The minimum atomic E-state index is -0.160. The summed E-state index contributed by atoms with van der Waals surface area (Å²) in [6, 6.07) is 7.67. The van der Waals surface area contributed by atoms with Gasteiger partial charge in [0.1, 0.15) is 0 Å². The molecule has 0 spiro atoms. The van der Waals surface area contributed by atoms with E-state index in [4.69, 9.17) is 5.73 Å². The van der Waals surface area contributed by atoms with Gasteiger partial charge in [0.2, 0.25) is 0 Å². The van der Waals surface area contributed by atoms with E-state index in [-0.39, 0.29) is 5.91 Å². The molecule has 0 aliphatic carbocycles. The Morgan fingerprint density at radius 1 is 1.47 bits per heavy atom. The van der Waals surface area contributed by atoms with E-state index in [1.165, 1.54) is 6.20 Å². The van der Waals surface area contributed by atoms with E-state index in [9.17, 15) is 4.79 Å². The van der Waals surface area contributed by atoms with Gasteiger partial charge in [-0.25, -0.2) is 0 Å². The normalized spacial score (nSPS) is 9.53. The van der Waals surface area contributed by atoms with E-state index in [2.05, 4.69) is 27.4 Å². The maximum absolute atomic E-state index is 11.7. The monoisotopic (exact) mass is 254 g/mol. The van der Waals surface area contributed by atoms with Crippen LogP contribution in [0.2, 0.25) is 0 Å². The molecule has 0 bridgehead atoms. The Kier molecular flexibility index (Phi) is 4.32. The highest BCUT2D eigenvalue weighted by Gasteiger charge is 2.05. The van der Waals surface area contributed by atoms with Gasteiger partial charge in [-0.15, -0.1) is 0 Å². The molecule has 5 heteroatoms. The molecule has 0 saturated carbocycles. The molecule has 96 valence electrons. The molecule has 1 aromatic heterocycles. The molecular weight excluding hydrogens is 240 g/mol. The Bertz CT molecular complexity index is 608. The number of hydrogen-bond donors (Lipinski definition) is 3. The molecule has 1 heterocycles. The standard InChI is InChI=1S/C14H14N4O/c15-6-2-5-11-3-1-4-12(7-11)8-16-14(19)13-9-17-18-10-13/h1,3-4,7,9-10H,6,8,15H2,(H,16,19)(H,17,18). The van der Waals surface area contributed by atoms with Crippen LogP contribution in [0.15, 0.2) is 36.7 Å². The van der Waals surface area contributed by atoms with Crippen molar-refractivity contribution in [3.8, 4) is 11.8 Å². The molecule has 0 aliphatic rings. The summed E-state index contributed by atoms with van der Waals surface area (Å²) >= 11 is 0. The average Bonchev–Trinajstić information content (AvgIpc) is 2.97. The van der Waals surface area contributed by atoms with Crippen LogP contribution < -0.4 is 11.1 Å². The minimum absolute atomic E-state index is 0.160. The third-order valence-electron chi connectivity index (χ3n) is 2.48. The highest BCUT2D eigenvalue weighted by Crippen LogP contribution is 2.04. The Morgan fingerprint density at radius 2 is 2.37 bits per heavy atom. The molecule has 1 aromatic carbocycles. The summed E-state index contributed by atoms with van der Waals surface area (Å²) in [5.74, 6) is 5.59. The fraction of sp³-hybridized carbons (Fsp3) is 0.143. The van der Waals surface area contributed by atoms with Gasteiger partial charge in [-0.3, -0.25) is 9.89 Å². The van der Waals surface area contributed by atoms with E-state index in [1.54, 1.807) is 6.20 Å². The van der Waals surface area contributed by atoms with E-state index in [1.807, 2.05) is 24.3 Å². The lowest BCUT2D eigenvalue weighted by Crippen LogP contribution is -2.22. The summed E-state index contributed by atoms with van der Waals surface area (Å²) in [5.41, 5.74) is 7.72. The first-order valence-electron chi connectivity index (χ1n) is 5.84. The fourth-order valence-corrected chi connectivity index (χ4v) is 1.57. The number of nitrogens with two attached hydrogens (primary N) is 1. The lowest BCUT2D eigenvalue weighted by atomic mass is 10.1. The molecule has 0 radical (unpaired) electrons. The molecule has 2 rings (SSSR count). The summed E-state index contributed by atoms with van der Waals surface area (Å²) in [7, 11) is 0. The van der Waals surface area contributed by atoms with Gasteiger partial charge in [-0.2, -0.15) is 5.10 Å². The largest absolute Gasteiger partial charge is 0.348 e. The smallest absolute Gasteiger partial charge is 0.254 e. The Labute approximate surface area is 111 Å². The second-order valence-corrected chi connectivity index (χ2v) is 3.88. The van der Waals surface area contributed by atoms with Crippen molar-refractivity contribution in [3.05, 3.63) is 53.3 Å². The van der Waals surface area contributed by atoms with Crippen molar-refractivity contribution >= 4 is 5.91 Å². The number of rotatable bonds is 3. The van der Waals surface area contributed by atoms with Gasteiger partial charge >= 0.3 is 0 Å². The van der Waals surface area contributed by atoms with E-state index < -0.39 is 0 Å². The molecule has 0 saturated heterocycles. The van der Waals surface area contributed by atoms with Crippen molar-refractivity contribution in [3.63, 3.8) is 0 Å². The molecule has 5 nitrogen and oxygen atoms in total. The summed E-state index contributed by atoms with van der Waals surface area (Å²) in [5, 5.41) is 9.14. The van der Waals surface area contributed by atoms with Gasteiger partial charge < -0.3 is 11.1 Å². The maximum Gasteiger partial charge on any atom is 0.254 e. The number of carbonyl (C=O) groups is 1. The van der Waals surface area contributed by atoms with Gasteiger partial charge in [0.25, 0.3) is 5.91 Å². The van der Waals surface area contributed by atoms with Crippen LogP contribution in [0.25, 0.3) is 0 Å². The molecular formula is C14H14N4O. The van der Waals surface area contributed by atoms with Crippen LogP contribution in [0.4, 0.5) is 0 Å². The Balaban J connectivity index is 1.98. The highest BCUT2D eigenvalue weighted by atomic mass is 16.1. The number of benzene rings is 1. The summed E-state index contributed by atoms with van der Waals surface area (Å²) < 4.78 is 0. The average molecular weight is 254 g/mol. The molecule has 0 fully saturated rings. The summed E-state index contributed by atoms with van der Waals surface area (Å²) in [6.07, 6.45) is 3.04. The molecule has 2 aromatic rings. The van der Waals surface area contributed by atoms with Gasteiger partial charge in [-0.1, -0.05) is 24.0 Å². The van der Waals surface area contributed by atoms with Crippen molar-refractivity contribution < 1.29 is 4.79 Å². The summed E-state index contributed by atoms with van der Waals surface area (Å²) in [4.78, 5) is 11.7. The summed E-state index contributed by atoms with van der Waals surface area (Å²) in [6.45, 7) is 0.781. The molecule has 0 aliphatic heterocycles. The Hall–Kier alpha value is -2.58. The zero-order chi connectivity index (χ0) is 13.5. The van der Waals surface area contributed by atoms with Gasteiger partial charge in [0.15, 0.2) is 0 Å². The van der Waals surface area contributed by atoms with Crippen molar-refractivity contribution in [2.45, 2.75) is 6.54 Å². The van der Waals surface area contributed by atoms with Crippen LogP contribution in [0, 0.1) is 11.8 Å². The van der Waals surface area contributed by atoms with E-state index in [0.29, 0.717) is 18.7 Å². The predicted octanol–water partition coefficient (Wildman–Crippen LogP) is 0.650. The Morgan fingerprint density at radius 3 is 3.11 bits per heavy atom. The molecule has 0 atom stereocenters. The number of carbonyl (C=O) groups excluding carboxylic acids is 1. The number of aromatic nitrogens is 2. The van der Waals surface area contributed by atoms with Crippen LogP contribution in [0.5, 0.6) is 0 Å². The zero-order valence-electron chi connectivity index (χ0n) is 10.3. The number of nitrogens with one attached hydrogen (secondary N) is 2. The lowest BCUT2D eigenvalue weighted by Gasteiger charge is -2.04. The lowest BCUT2D eigenvalue weighted by molar-refractivity contribution is 0.0951. The zero-order valence-corrected chi connectivity index (χ0v) is 10.3. The molecule has 19 heavy (non-hydrogen) atoms. The van der Waals surface area contributed by atoms with Crippen molar-refractivity contribution in [1.82, 2.24) is 15.5 Å². The van der Waals surface area contributed by atoms with Crippen LogP contribution in [-0.2, 0) is 6.54 Å².